The van der Waals surface area contributed by atoms with E-state index in [1.54, 1.807) is 19.0 Å². The Morgan fingerprint density at radius 1 is 1.12 bits per heavy atom. The van der Waals surface area contributed by atoms with Gasteiger partial charge in [0.2, 0.25) is 5.91 Å². The molecule has 4 aliphatic rings. The number of carbonyl (C=O) groups excluding carboxylic acids is 1. The van der Waals surface area contributed by atoms with Crippen molar-refractivity contribution in [2.24, 2.45) is 16.8 Å². The van der Waals surface area contributed by atoms with Gasteiger partial charge in [0, 0.05) is 58.3 Å². The number of guanidine groups is 1. The lowest BCUT2D eigenvalue weighted by Gasteiger charge is -2.30. The molecule has 7 nitrogen and oxygen atoms in total. The van der Waals surface area contributed by atoms with Gasteiger partial charge in [-0.15, -0.1) is 0 Å². The third-order valence-corrected chi connectivity index (χ3v) is 6.17. The Balaban J connectivity index is 1.45. The van der Waals surface area contributed by atoms with Crippen LogP contribution in [-0.4, -0.2) is 86.9 Å². The molecule has 140 valence electrons. The number of aliphatic imine (C=N–C) groups is 1. The van der Waals surface area contributed by atoms with Crippen molar-refractivity contribution in [2.75, 3.05) is 46.9 Å². The highest BCUT2D eigenvalue weighted by molar-refractivity contribution is 5.85. The SMILES string of the molecule is CN(C)C(=O)CN=C(NC1CCOCC1)N1CC2C3CCC(O3)C2C1. The maximum absolute atomic E-state index is 12.0. The fraction of sp³-hybridized carbons (Fsp3) is 0.889. The van der Waals surface area contributed by atoms with Gasteiger partial charge in [-0.05, 0) is 25.7 Å². The van der Waals surface area contributed by atoms with Crippen LogP contribution in [0.4, 0.5) is 0 Å². The monoisotopic (exact) mass is 350 g/mol. The molecule has 4 heterocycles. The van der Waals surface area contributed by atoms with Gasteiger partial charge < -0.3 is 24.6 Å². The molecule has 1 N–H and O–H groups in total. The number of hydrogen-bond acceptors (Lipinski definition) is 4. The number of likely N-dealkylation sites (N-methyl/N-ethyl adjacent to an activating group) is 1. The summed E-state index contributed by atoms with van der Waals surface area (Å²) in [5.74, 6) is 2.19. The number of hydrogen-bond donors (Lipinski definition) is 1. The molecule has 2 bridgehead atoms. The predicted octanol–water partition coefficient (Wildman–Crippen LogP) is 0.308. The first kappa shape index (κ1) is 17.1. The van der Waals surface area contributed by atoms with Crippen LogP contribution in [0.3, 0.4) is 0 Å². The molecule has 4 aliphatic heterocycles. The van der Waals surface area contributed by atoms with E-state index < -0.39 is 0 Å². The maximum atomic E-state index is 12.0. The number of carbonyl (C=O) groups is 1. The van der Waals surface area contributed by atoms with Crippen molar-refractivity contribution >= 4 is 11.9 Å². The molecule has 4 unspecified atom stereocenters. The lowest BCUT2D eigenvalue weighted by molar-refractivity contribution is -0.127. The molecule has 4 saturated heterocycles. The summed E-state index contributed by atoms with van der Waals surface area (Å²) in [5.41, 5.74) is 0. The number of likely N-dealkylation sites (tertiary alicyclic amines) is 1. The summed E-state index contributed by atoms with van der Waals surface area (Å²) in [6.07, 6.45) is 5.28. The lowest BCUT2D eigenvalue weighted by Crippen LogP contribution is -2.48. The summed E-state index contributed by atoms with van der Waals surface area (Å²) in [7, 11) is 3.55. The van der Waals surface area contributed by atoms with E-state index in [9.17, 15) is 4.79 Å². The molecule has 0 aromatic heterocycles. The number of ether oxygens (including phenoxy) is 2. The van der Waals surface area contributed by atoms with Gasteiger partial charge in [-0.2, -0.15) is 0 Å². The molecule has 1 amide bonds. The molecule has 0 aromatic rings. The zero-order valence-electron chi connectivity index (χ0n) is 15.3. The minimum Gasteiger partial charge on any atom is -0.381 e. The number of nitrogens with one attached hydrogen (secondary N) is 1. The van der Waals surface area contributed by atoms with Gasteiger partial charge in [0.05, 0.1) is 12.2 Å². The Hall–Kier alpha value is -1.34. The summed E-state index contributed by atoms with van der Waals surface area (Å²) >= 11 is 0. The van der Waals surface area contributed by atoms with Crippen LogP contribution in [0.25, 0.3) is 0 Å². The molecule has 0 spiro atoms. The van der Waals surface area contributed by atoms with E-state index in [1.807, 2.05) is 0 Å². The second kappa shape index (κ2) is 7.11. The van der Waals surface area contributed by atoms with Gasteiger partial charge in [0.1, 0.15) is 6.54 Å². The van der Waals surface area contributed by atoms with Crippen LogP contribution in [0, 0.1) is 11.8 Å². The van der Waals surface area contributed by atoms with Gasteiger partial charge in [-0.3, -0.25) is 4.79 Å². The lowest BCUT2D eigenvalue weighted by atomic mass is 9.82. The van der Waals surface area contributed by atoms with Gasteiger partial charge in [0.15, 0.2) is 5.96 Å². The van der Waals surface area contributed by atoms with E-state index in [0.717, 1.165) is 45.1 Å². The number of fused-ring (bicyclic) bond motifs is 5. The van der Waals surface area contributed by atoms with Crippen LogP contribution in [0.5, 0.6) is 0 Å². The zero-order chi connectivity index (χ0) is 17.4. The molecule has 4 rings (SSSR count). The van der Waals surface area contributed by atoms with E-state index in [1.165, 1.54) is 12.8 Å². The van der Waals surface area contributed by atoms with Gasteiger partial charge in [-0.25, -0.2) is 4.99 Å². The van der Waals surface area contributed by atoms with Crippen molar-refractivity contribution in [3.8, 4) is 0 Å². The van der Waals surface area contributed by atoms with Crippen molar-refractivity contribution in [3.63, 3.8) is 0 Å². The first-order valence-electron chi connectivity index (χ1n) is 9.61. The molecule has 4 atom stereocenters. The van der Waals surface area contributed by atoms with Crippen LogP contribution in [0.1, 0.15) is 25.7 Å². The van der Waals surface area contributed by atoms with Crippen LogP contribution in [0.15, 0.2) is 4.99 Å². The quantitative estimate of drug-likeness (QED) is 0.586. The molecule has 4 fully saturated rings. The molecule has 0 aliphatic carbocycles. The third kappa shape index (κ3) is 3.49. The topological polar surface area (TPSA) is 66.4 Å². The van der Waals surface area contributed by atoms with E-state index in [2.05, 4.69) is 15.2 Å². The first-order valence-corrected chi connectivity index (χ1v) is 9.61. The van der Waals surface area contributed by atoms with Crippen molar-refractivity contribution < 1.29 is 14.3 Å². The van der Waals surface area contributed by atoms with E-state index in [-0.39, 0.29) is 12.5 Å². The van der Waals surface area contributed by atoms with E-state index in [0.29, 0.717) is 30.1 Å². The maximum Gasteiger partial charge on any atom is 0.243 e. The normalized spacial score (nSPS) is 35.1. The highest BCUT2D eigenvalue weighted by atomic mass is 16.5. The largest absolute Gasteiger partial charge is 0.381 e. The van der Waals surface area contributed by atoms with Crippen molar-refractivity contribution in [2.45, 2.75) is 43.9 Å². The van der Waals surface area contributed by atoms with Crippen LogP contribution in [0.2, 0.25) is 0 Å². The standard InChI is InChI=1S/C18H30N4O3/c1-21(2)17(23)9-19-18(20-12-5-7-24-8-6-12)22-10-13-14(11-22)16-4-3-15(13)25-16/h12-16H,3-11H2,1-2H3,(H,19,20). The predicted molar refractivity (Wildman–Crippen MR) is 94.4 cm³/mol. The smallest absolute Gasteiger partial charge is 0.243 e. The van der Waals surface area contributed by atoms with Crippen LogP contribution < -0.4 is 5.32 Å². The molecule has 0 saturated carbocycles. The summed E-state index contributed by atoms with van der Waals surface area (Å²) in [4.78, 5) is 20.6. The molecule has 0 radical (unpaired) electrons. The second-order valence-electron chi connectivity index (χ2n) is 7.98. The summed E-state index contributed by atoms with van der Waals surface area (Å²) in [6, 6.07) is 0.385. The molecule has 0 aromatic carbocycles. The highest BCUT2D eigenvalue weighted by Crippen LogP contribution is 2.47. The number of rotatable bonds is 3. The fourth-order valence-corrected chi connectivity index (χ4v) is 4.68. The van der Waals surface area contributed by atoms with Crippen LogP contribution in [-0.2, 0) is 14.3 Å². The molecular formula is C18H30N4O3. The Kier molecular flexibility index (Phi) is 4.86. The molecule has 25 heavy (non-hydrogen) atoms. The third-order valence-electron chi connectivity index (χ3n) is 6.17. The fourth-order valence-electron chi connectivity index (χ4n) is 4.68. The summed E-state index contributed by atoms with van der Waals surface area (Å²) < 4.78 is 11.5. The van der Waals surface area contributed by atoms with Crippen molar-refractivity contribution in [1.29, 1.82) is 0 Å². The summed E-state index contributed by atoms with van der Waals surface area (Å²) in [6.45, 7) is 3.79. The Bertz CT molecular complexity index is 514. The number of amides is 1. The van der Waals surface area contributed by atoms with Crippen LogP contribution >= 0.6 is 0 Å². The van der Waals surface area contributed by atoms with Gasteiger partial charge >= 0.3 is 0 Å². The molecule has 7 heteroatoms. The average Bonchev–Trinajstić information content (AvgIpc) is 3.31. The second-order valence-corrected chi connectivity index (χ2v) is 7.98. The van der Waals surface area contributed by atoms with E-state index >= 15 is 0 Å². The van der Waals surface area contributed by atoms with Crippen molar-refractivity contribution in [1.82, 2.24) is 15.1 Å². The molecular weight excluding hydrogens is 320 g/mol. The van der Waals surface area contributed by atoms with Gasteiger partial charge in [0.25, 0.3) is 0 Å². The Labute approximate surface area is 149 Å². The Morgan fingerprint density at radius 3 is 2.36 bits per heavy atom. The summed E-state index contributed by atoms with van der Waals surface area (Å²) in [5, 5.41) is 3.62. The highest BCUT2D eigenvalue weighted by Gasteiger charge is 2.53. The van der Waals surface area contributed by atoms with Gasteiger partial charge in [-0.1, -0.05) is 0 Å². The minimum atomic E-state index is 0.0362. The average molecular weight is 350 g/mol. The van der Waals surface area contributed by atoms with Crippen molar-refractivity contribution in [3.05, 3.63) is 0 Å². The zero-order valence-corrected chi connectivity index (χ0v) is 15.3. The Morgan fingerprint density at radius 2 is 1.76 bits per heavy atom. The van der Waals surface area contributed by atoms with E-state index in [4.69, 9.17) is 9.47 Å². The number of nitrogens with zero attached hydrogens (tertiary/aromatic N) is 3. The first-order chi connectivity index (χ1) is 12.1. The minimum absolute atomic E-state index is 0.0362.